The molecule has 0 radical (unpaired) electrons. The smallest absolute Gasteiger partial charge is 0.152 e. The maximum atomic E-state index is 13.0. The van der Waals surface area contributed by atoms with E-state index in [1.807, 2.05) is 20.8 Å². The highest BCUT2D eigenvalue weighted by Crippen LogP contribution is 2.32. The van der Waals surface area contributed by atoms with E-state index in [-0.39, 0.29) is 11.9 Å². The van der Waals surface area contributed by atoms with Crippen LogP contribution in [0.15, 0.2) is 18.2 Å². The van der Waals surface area contributed by atoms with Crippen molar-refractivity contribution in [1.82, 2.24) is 9.78 Å². The number of nitrogen functional groups attached to an aromatic ring is 1. The molecule has 0 amide bonds. The lowest BCUT2D eigenvalue weighted by molar-refractivity contribution is 0.536. The lowest BCUT2D eigenvalue weighted by atomic mass is 10.3. The van der Waals surface area contributed by atoms with Gasteiger partial charge in [-0.05, 0) is 39.0 Å². The van der Waals surface area contributed by atoms with Gasteiger partial charge in [0.1, 0.15) is 5.82 Å². The highest BCUT2D eigenvalue weighted by molar-refractivity contribution is 6.33. The zero-order chi connectivity index (χ0) is 14.2. The highest BCUT2D eigenvalue weighted by Gasteiger charge is 2.15. The molecule has 2 aromatic rings. The molecule has 1 heterocycles. The summed E-state index contributed by atoms with van der Waals surface area (Å²) < 4.78 is 14.8. The first-order chi connectivity index (χ1) is 8.90. The monoisotopic (exact) mass is 282 g/mol. The summed E-state index contributed by atoms with van der Waals surface area (Å²) in [4.78, 5) is 0. The molecule has 0 saturated heterocycles. The van der Waals surface area contributed by atoms with Crippen LogP contribution in [0.2, 0.25) is 5.02 Å². The SMILES string of the molecule is Cc1nn(C(C)C)c(Nc2ccc(F)cc2Cl)c1N. The quantitative estimate of drug-likeness (QED) is 0.898. The van der Waals surface area contributed by atoms with Crippen molar-refractivity contribution < 1.29 is 4.39 Å². The van der Waals surface area contributed by atoms with E-state index in [0.29, 0.717) is 22.2 Å². The third-order valence-corrected chi connectivity index (χ3v) is 3.12. The molecule has 19 heavy (non-hydrogen) atoms. The van der Waals surface area contributed by atoms with Crippen LogP contribution in [0, 0.1) is 12.7 Å². The Balaban J connectivity index is 2.43. The van der Waals surface area contributed by atoms with Gasteiger partial charge in [-0.3, -0.25) is 0 Å². The maximum absolute atomic E-state index is 13.0. The number of hydrogen-bond acceptors (Lipinski definition) is 3. The van der Waals surface area contributed by atoms with Crippen LogP contribution in [0.5, 0.6) is 0 Å². The van der Waals surface area contributed by atoms with Crippen LogP contribution in [0.25, 0.3) is 0 Å². The summed E-state index contributed by atoms with van der Waals surface area (Å²) >= 11 is 6.00. The van der Waals surface area contributed by atoms with Crippen molar-refractivity contribution in [3.8, 4) is 0 Å². The fourth-order valence-corrected chi connectivity index (χ4v) is 1.99. The number of aromatic nitrogens is 2. The number of nitrogens with zero attached hydrogens (tertiary/aromatic N) is 2. The largest absolute Gasteiger partial charge is 0.394 e. The number of rotatable bonds is 3. The lowest BCUT2D eigenvalue weighted by Gasteiger charge is -2.14. The first-order valence-electron chi connectivity index (χ1n) is 5.96. The molecule has 1 aromatic heterocycles. The molecule has 0 fully saturated rings. The summed E-state index contributed by atoms with van der Waals surface area (Å²) in [7, 11) is 0. The number of anilines is 3. The Morgan fingerprint density at radius 2 is 2.11 bits per heavy atom. The van der Waals surface area contributed by atoms with E-state index in [1.165, 1.54) is 12.1 Å². The predicted molar refractivity (Wildman–Crippen MR) is 76.5 cm³/mol. The van der Waals surface area contributed by atoms with Gasteiger partial charge >= 0.3 is 0 Å². The molecule has 0 atom stereocenters. The molecule has 0 bridgehead atoms. The molecule has 0 aliphatic carbocycles. The van der Waals surface area contributed by atoms with Gasteiger partial charge in [0.2, 0.25) is 0 Å². The number of nitrogens with one attached hydrogen (secondary N) is 1. The molecule has 0 aliphatic rings. The minimum atomic E-state index is -0.378. The van der Waals surface area contributed by atoms with Gasteiger partial charge in [0.25, 0.3) is 0 Å². The van der Waals surface area contributed by atoms with E-state index in [0.717, 1.165) is 5.69 Å². The van der Waals surface area contributed by atoms with E-state index >= 15 is 0 Å². The van der Waals surface area contributed by atoms with Crippen molar-refractivity contribution in [3.63, 3.8) is 0 Å². The van der Waals surface area contributed by atoms with Gasteiger partial charge < -0.3 is 11.1 Å². The van der Waals surface area contributed by atoms with Crippen LogP contribution in [0.1, 0.15) is 25.6 Å². The first kappa shape index (κ1) is 13.7. The summed E-state index contributed by atoms with van der Waals surface area (Å²) in [5.74, 6) is 0.290. The molecule has 0 spiro atoms. The Kier molecular flexibility index (Phi) is 3.66. The van der Waals surface area contributed by atoms with E-state index in [2.05, 4.69) is 10.4 Å². The van der Waals surface area contributed by atoms with Gasteiger partial charge in [-0.15, -0.1) is 0 Å². The Bertz CT molecular complexity index is 607. The average Bonchev–Trinajstić information content (AvgIpc) is 2.61. The van der Waals surface area contributed by atoms with Crippen LogP contribution in [0.4, 0.5) is 21.6 Å². The van der Waals surface area contributed by atoms with Gasteiger partial charge in [0.05, 0.1) is 22.1 Å². The minimum Gasteiger partial charge on any atom is -0.394 e. The lowest BCUT2D eigenvalue weighted by Crippen LogP contribution is -2.08. The molecule has 0 aliphatic heterocycles. The van der Waals surface area contributed by atoms with Crippen molar-refractivity contribution in [2.75, 3.05) is 11.1 Å². The summed E-state index contributed by atoms with van der Waals surface area (Å²) in [5, 5.41) is 7.78. The van der Waals surface area contributed by atoms with Crippen molar-refractivity contribution in [2.24, 2.45) is 0 Å². The summed E-state index contributed by atoms with van der Waals surface area (Å²) in [6.07, 6.45) is 0. The van der Waals surface area contributed by atoms with E-state index in [4.69, 9.17) is 17.3 Å². The first-order valence-corrected chi connectivity index (χ1v) is 6.34. The van der Waals surface area contributed by atoms with Crippen LogP contribution in [-0.4, -0.2) is 9.78 Å². The van der Waals surface area contributed by atoms with Crippen LogP contribution < -0.4 is 11.1 Å². The number of halogens is 2. The summed E-state index contributed by atoms with van der Waals surface area (Å²) in [6.45, 7) is 5.85. The normalized spacial score (nSPS) is 11.1. The third-order valence-electron chi connectivity index (χ3n) is 2.81. The molecule has 2 rings (SSSR count). The van der Waals surface area contributed by atoms with Crippen LogP contribution in [-0.2, 0) is 0 Å². The molecule has 4 nitrogen and oxygen atoms in total. The fraction of sp³-hybridized carbons (Fsp3) is 0.308. The maximum Gasteiger partial charge on any atom is 0.152 e. The summed E-state index contributed by atoms with van der Waals surface area (Å²) in [6, 6.07) is 4.32. The number of nitrogens with two attached hydrogens (primary N) is 1. The minimum absolute atomic E-state index is 0.151. The highest BCUT2D eigenvalue weighted by atomic mass is 35.5. The van der Waals surface area contributed by atoms with Gasteiger partial charge in [-0.1, -0.05) is 11.6 Å². The molecular weight excluding hydrogens is 267 g/mol. The topological polar surface area (TPSA) is 55.9 Å². The summed E-state index contributed by atoms with van der Waals surface area (Å²) in [5.41, 5.74) is 7.91. The second-order valence-electron chi connectivity index (χ2n) is 4.64. The van der Waals surface area contributed by atoms with Crippen molar-refractivity contribution in [2.45, 2.75) is 26.8 Å². The predicted octanol–water partition coefficient (Wildman–Crippen LogP) is 3.89. The standard InChI is InChI=1S/C13H16ClFN4/c1-7(2)19-13(12(16)8(3)18-19)17-11-5-4-9(15)6-10(11)14/h4-7,17H,16H2,1-3H3. The molecule has 0 unspecified atom stereocenters. The molecule has 6 heteroatoms. The second kappa shape index (κ2) is 5.09. The Hall–Kier alpha value is -1.75. The number of aryl methyl sites for hydroxylation is 1. The van der Waals surface area contributed by atoms with Crippen LogP contribution in [0.3, 0.4) is 0 Å². The average molecular weight is 283 g/mol. The fourth-order valence-electron chi connectivity index (χ4n) is 1.78. The van der Waals surface area contributed by atoms with E-state index in [9.17, 15) is 4.39 Å². The molecular formula is C13H16ClFN4. The third kappa shape index (κ3) is 2.66. The zero-order valence-corrected chi connectivity index (χ0v) is 11.8. The van der Waals surface area contributed by atoms with Crippen molar-refractivity contribution in [1.29, 1.82) is 0 Å². The second-order valence-corrected chi connectivity index (χ2v) is 5.04. The molecule has 0 saturated carbocycles. The van der Waals surface area contributed by atoms with Crippen molar-refractivity contribution >= 4 is 28.8 Å². The van der Waals surface area contributed by atoms with E-state index < -0.39 is 0 Å². The van der Waals surface area contributed by atoms with E-state index in [1.54, 1.807) is 10.7 Å². The van der Waals surface area contributed by atoms with Gasteiger partial charge in [-0.25, -0.2) is 9.07 Å². The molecule has 1 aromatic carbocycles. The zero-order valence-electron chi connectivity index (χ0n) is 11.0. The van der Waals surface area contributed by atoms with Gasteiger partial charge in [0, 0.05) is 6.04 Å². The number of benzene rings is 1. The Morgan fingerprint density at radius 3 is 2.68 bits per heavy atom. The van der Waals surface area contributed by atoms with Gasteiger partial charge in [-0.2, -0.15) is 5.10 Å². The molecule has 3 N–H and O–H groups in total. The Morgan fingerprint density at radius 1 is 1.42 bits per heavy atom. The number of hydrogen-bond donors (Lipinski definition) is 2. The van der Waals surface area contributed by atoms with Gasteiger partial charge in [0.15, 0.2) is 5.82 Å². The Labute approximate surface area is 116 Å². The van der Waals surface area contributed by atoms with Crippen molar-refractivity contribution in [3.05, 3.63) is 34.7 Å². The molecule has 102 valence electrons. The van der Waals surface area contributed by atoms with Crippen LogP contribution >= 0.6 is 11.6 Å².